The highest BCUT2D eigenvalue weighted by molar-refractivity contribution is 6.35. The number of nitrogens with zero attached hydrogens (tertiary/aromatic N) is 1. The van der Waals surface area contributed by atoms with Gasteiger partial charge in [-0.05, 0) is 48.2 Å². The summed E-state index contributed by atoms with van der Waals surface area (Å²) >= 11 is 12.4. The molecule has 25 heavy (non-hydrogen) atoms. The molecule has 0 aliphatic carbocycles. The van der Waals surface area contributed by atoms with Gasteiger partial charge in [0, 0.05) is 40.2 Å². The van der Waals surface area contributed by atoms with Crippen molar-refractivity contribution in [3.05, 3.63) is 69.8 Å². The molecule has 0 spiro atoms. The molecule has 0 unspecified atom stereocenters. The zero-order valence-corrected chi connectivity index (χ0v) is 16.2. The molecule has 0 aliphatic rings. The van der Waals surface area contributed by atoms with Gasteiger partial charge in [-0.25, -0.2) is 0 Å². The van der Waals surface area contributed by atoms with E-state index in [2.05, 4.69) is 54.2 Å². The van der Waals surface area contributed by atoms with Crippen molar-refractivity contribution in [1.29, 1.82) is 0 Å². The smallest absolute Gasteiger partial charge is 0.0491 e. The number of para-hydroxylation sites is 1. The van der Waals surface area contributed by atoms with Crippen molar-refractivity contribution in [1.82, 2.24) is 9.88 Å². The molecule has 0 bridgehead atoms. The zero-order valence-electron chi connectivity index (χ0n) is 14.7. The molecule has 3 aromatic rings. The number of hydrogen-bond donors (Lipinski definition) is 1. The van der Waals surface area contributed by atoms with Gasteiger partial charge in [-0.2, -0.15) is 0 Å². The van der Waals surface area contributed by atoms with E-state index in [0.717, 1.165) is 31.1 Å². The van der Waals surface area contributed by atoms with Crippen molar-refractivity contribution in [2.75, 3.05) is 6.54 Å². The van der Waals surface area contributed by atoms with Gasteiger partial charge in [0.2, 0.25) is 0 Å². The van der Waals surface area contributed by atoms with Crippen LogP contribution in [0.4, 0.5) is 0 Å². The van der Waals surface area contributed by atoms with Crippen molar-refractivity contribution >= 4 is 34.1 Å². The number of rotatable bonds is 7. The molecule has 2 nitrogen and oxygen atoms in total. The number of nitrogens with one attached hydrogen (secondary N) is 1. The number of aromatic nitrogens is 1. The second-order valence-corrected chi connectivity index (χ2v) is 7.74. The third kappa shape index (κ3) is 4.58. The first kappa shape index (κ1) is 18.3. The van der Waals surface area contributed by atoms with Crippen LogP contribution in [0.3, 0.4) is 0 Å². The Hall–Kier alpha value is -1.48. The van der Waals surface area contributed by atoms with Gasteiger partial charge in [0.15, 0.2) is 0 Å². The number of fused-ring (bicyclic) bond motifs is 1. The van der Waals surface area contributed by atoms with Crippen LogP contribution < -0.4 is 5.32 Å². The molecule has 0 saturated carbocycles. The molecular weight excluding hydrogens is 351 g/mol. The van der Waals surface area contributed by atoms with Crippen LogP contribution in [-0.4, -0.2) is 11.1 Å². The summed E-state index contributed by atoms with van der Waals surface area (Å²) in [6.45, 7) is 7.17. The third-order valence-electron chi connectivity index (χ3n) is 4.44. The summed E-state index contributed by atoms with van der Waals surface area (Å²) in [6, 6.07) is 14.2. The molecule has 1 heterocycles. The minimum atomic E-state index is 0.668. The van der Waals surface area contributed by atoms with Crippen LogP contribution in [-0.2, 0) is 13.1 Å². The van der Waals surface area contributed by atoms with Crippen molar-refractivity contribution in [3.63, 3.8) is 0 Å². The lowest BCUT2D eigenvalue weighted by Crippen LogP contribution is -2.16. The summed E-state index contributed by atoms with van der Waals surface area (Å²) in [5, 5.41) is 6.24. The van der Waals surface area contributed by atoms with Gasteiger partial charge in [-0.1, -0.05) is 61.3 Å². The van der Waals surface area contributed by atoms with Gasteiger partial charge < -0.3 is 9.88 Å². The lowest BCUT2D eigenvalue weighted by molar-refractivity contribution is 0.538. The molecule has 4 heteroatoms. The molecule has 2 aromatic carbocycles. The Morgan fingerprint density at radius 2 is 1.84 bits per heavy atom. The maximum Gasteiger partial charge on any atom is 0.0491 e. The van der Waals surface area contributed by atoms with E-state index in [4.69, 9.17) is 23.2 Å². The molecule has 0 saturated heterocycles. The van der Waals surface area contributed by atoms with Crippen molar-refractivity contribution in [3.8, 4) is 0 Å². The highest BCUT2D eigenvalue weighted by atomic mass is 35.5. The minimum Gasteiger partial charge on any atom is -0.343 e. The van der Waals surface area contributed by atoms with E-state index in [1.165, 1.54) is 22.9 Å². The summed E-state index contributed by atoms with van der Waals surface area (Å²) in [7, 11) is 0. The largest absolute Gasteiger partial charge is 0.343 e. The number of benzene rings is 2. The van der Waals surface area contributed by atoms with Crippen molar-refractivity contribution < 1.29 is 0 Å². The Morgan fingerprint density at radius 3 is 2.60 bits per heavy atom. The van der Waals surface area contributed by atoms with Crippen LogP contribution in [0.2, 0.25) is 10.0 Å². The molecule has 0 aliphatic heterocycles. The van der Waals surface area contributed by atoms with Gasteiger partial charge >= 0.3 is 0 Å². The van der Waals surface area contributed by atoms with Crippen LogP contribution in [0.5, 0.6) is 0 Å². The lowest BCUT2D eigenvalue weighted by Gasteiger charge is -2.08. The molecule has 1 N–H and O–H groups in total. The van der Waals surface area contributed by atoms with Crippen LogP contribution in [0.15, 0.2) is 48.7 Å². The van der Waals surface area contributed by atoms with E-state index in [9.17, 15) is 0 Å². The SMILES string of the molecule is CC(C)CCNCc1cn(Cc2ccc(Cl)cc2Cl)c2ccccc12. The topological polar surface area (TPSA) is 17.0 Å². The maximum absolute atomic E-state index is 6.36. The first-order chi connectivity index (χ1) is 12.0. The van der Waals surface area contributed by atoms with Crippen molar-refractivity contribution in [2.45, 2.75) is 33.4 Å². The summed E-state index contributed by atoms with van der Waals surface area (Å²) in [5.41, 5.74) is 3.63. The first-order valence-electron chi connectivity index (χ1n) is 8.76. The predicted octanol–water partition coefficient (Wildman–Crippen LogP) is 6.13. The quantitative estimate of drug-likeness (QED) is 0.492. The molecule has 0 atom stereocenters. The first-order valence-corrected chi connectivity index (χ1v) is 9.51. The predicted molar refractivity (Wildman–Crippen MR) is 109 cm³/mol. The third-order valence-corrected chi connectivity index (χ3v) is 5.03. The maximum atomic E-state index is 6.36. The monoisotopic (exact) mass is 374 g/mol. The van der Waals surface area contributed by atoms with E-state index in [1.807, 2.05) is 12.1 Å². The van der Waals surface area contributed by atoms with Crippen LogP contribution in [0.1, 0.15) is 31.4 Å². The van der Waals surface area contributed by atoms with Gasteiger partial charge in [-0.3, -0.25) is 0 Å². The molecule has 0 fully saturated rings. The molecule has 0 amide bonds. The summed E-state index contributed by atoms with van der Waals surface area (Å²) in [5.74, 6) is 0.723. The Kier molecular flexibility index (Phi) is 6.06. The summed E-state index contributed by atoms with van der Waals surface area (Å²) in [4.78, 5) is 0. The van der Waals surface area contributed by atoms with Crippen LogP contribution in [0, 0.1) is 5.92 Å². The lowest BCUT2D eigenvalue weighted by atomic mass is 10.1. The van der Waals surface area contributed by atoms with Gasteiger partial charge in [0.1, 0.15) is 0 Å². The second-order valence-electron chi connectivity index (χ2n) is 6.89. The Bertz CT molecular complexity index is 852. The fraction of sp³-hybridized carbons (Fsp3) is 0.333. The van der Waals surface area contributed by atoms with Crippen LogP contribution >= 0.6 is 23.2 Å². The fourth-order valence-electron chi connectivity index (χ4n) is 3.04. The number of halogens is 2. The molecule has 1 aromatic heterocycles. The van der Waals surface area contributed by atoms with E-state index in [1.54, 1.807) is 6.07 Å². The summed E-state index contributed by atoms with van der Waals surface area (Å²) in [6.07, 6.45) is 3.43. The highest BCUT2D eigenvalue weighted by Crippen LogP contribution is 2.26. The summed E-state index contributed by atoms with van der Waals surface area (Å²) < 4.78 is 2.27. The van der Waals surface area contributed by atoms with Gasteiger partial charge in [0.05, 0.1) is 0 Å². The van der Waals surface area contributed by atoms with E-state index in [-0.39, 0.29) is 0 Å². The van der Waals surface area contributed by atoms with E-state index < -0.39 is 0 Å². The Balaban J connectivity index is 1.83. The standard InChI is InChI=1S/C21H24Cl2N2/c1-15(2)9-10-24-12-17-14-25(21-6-4-3-5-19(17)21)13-16-7-8-18(22)11-20(16)23/h3-8,11,14-15,24H,9-10,12-13H2,1-2H3. The average Bonchev–Trinajstić information content (AvgIpc) is 2.92. The molecule has 0 radical (unpaired) electrons. The zero-order chi connectivity index (χ0) is 17.8. The fourth-order valence-corrected chi connectivity index (χ4v) is 3.51. The molecule has 3 rings (SSSR count). The molecule has 132 valence electrons. The average molecular weight is 375 g/mol. The van der Waals surface area contributed by atoms with E-state index >= 15 is 0 Å². The second kappa shape index (κ2) is 8.27. The Labute approximate surface area is 159 Å². The van der Waals surface area contributed by atoms with Crippen molar-refractivity contribution in [2.24, 2.45) is 5.92 Å². The van der Waals surface area contributed by atoms with E-state index in [0.29, 0.717) is 10.0 Å². The highest BCUT2D eigenvalue weighted by Gasteiger charge is 2.10. The Morgan fingerprint density at radius 1 is 1.04 bits per heavy atom. The van der Waals surface area contributed by atoms with Crippen LogP contribution in [0.25, 0.3) is 10.9 Å². The molecular formula is C21H24Cl2N2. The van der Waals surface area contributed by atoms with Gasteiger partial charge in [-0.15, -0.1) is 0 Å². The minimum absolute atomic E-state index is 0.668. The number of hydrogen-bond acceptors (Lipinski definition) is 1. The van der Waals surface area contributed by atoms with Gasteiger partial charge in [0.25, 0.3) is 0 Å². The normalized spacial score (nSPS) is 11.6.